The van der Waals surface area contributed by atoms with Crippen LogP contribution >= 0.6 is 0 Å². The average molecular weight is 526 g/mol. The number of benzene rings is 2. The van der Waals surface area contributed by atoms with E-state index < -0.39 is 27.0 Å². The molecule has 1 aliphatic rings. The molecule has 1 fully saturated rings. The first-order valence-electron chi connectivity index (χ1n) is 11.6. The van der Waals surface area contributed by atoms with Gasteiger partial charge in [-0.1, -0.05) is 23.8 Å². The Morgan fingerprint density at radius 1 is 0.946 bits per heavy atom. The maximum Gasteiger partial charge on any atom is 0.288 e. The molecule has 0 unspecified atom stereocenters. The summed E-state index contributed by atoms with van der Waals surface area (Å²) in [5.74, 6) is -1.40. The molecule has 0 saturated carbocycles. The van der Waals surface area contributed by atoms with Gasteiger partial charge in [0, 0.05) is 31.7 Å². The highest BCUT2D eigenvalue weighted by molar-refractivity contribution is 7.92. The van der Waals surface area contributed by atoms with Crippen molar-refractivity contribution in [3.63, 3.8) is 0 Å². The standard InChI is InChI=1S/C26H27N3O7S/c1-18-8-10-21(11-9-18)37(33,34)24(27-23(30)22-7-4-16-36-22)26(32)29-14-12-28(13-15-29)25(31)19-5-3-6-20(17-19)35-2/h3-11,16-17,24H,12-15H2,1-2H3,(H,27,30)/t24-/m0/s1. The molecule has 10 nitrogen and oxygen atoms in total. The van der Waals surface area contributed by atoms with Crippen molar-refractivity contribution < 1.29 is 32.0 Å². The van der Waals surface area contributed by atoms with Gasteiger partial charge >= 0.3 is 0 Å². The van der Waals surface area contributed by atoms with Gasteiger partial charge in [-0.25, -0.2) is 8.42 Å². The number of piperazine rings is 1. The molecule has 0 spiro atoms. The number of amides is 3. The van der Waals surface area contributed by atoms with Gasteiger partial charge in [-0.3, -0.25) is 14.4 Å². The summed E-state index contributed by atoms with van der Waals surface area (Å²) < 4.78 is 37.2. The third-order valence-electron chi connectivity index (χ3n) is 6.09. The van der Waals surface area contributed by atoms with E-state index in [9.17, 15) is 22.8 Å². The number of carbonyl (C=O) groups is 3. The molecule has 2 aromatic carbocycles. The van der Waals surface area contributed by atoms with Gasteiger partial charge in [0.05, 0.1) is 18.3 Å². The first-order chi connectivity index (χ1) is 17.7. The smallest absolute Gasteiger partial charge is 0.288 e. The van der Waals surface area contributed by atoms with Gasteiger partial charge in [-0.2, -0.15) is 0 Å². The lowest BCUT2D eigenvalue weighted by Crippen LogP contribution is -2.57. The van der Waals surface area contributed by atoms with Crippen molar-refractivity contribution in [2.24, 2.45) is 0 Å². The first-order valence-corrected chi connectivity index (χ1v) is 13.1. The van der Waals surface area contributed by atoms with E-state index in [1.165, 1.54) is 42.5 Å². The normalized spacial score (nSPS) is 14.6. The number of furan rings is 1. The molecule has 0 radical (unpaired) electrons. The molecule has 1 aromatic heterocycles. The molecule has 3 amide bonds. The lowest BCUT2D eigenvalue weighted by molar-refractivity contribution is -0.132. The average Bonchev–Trinajstić information content (AvgIpc) is 3.46. The molecule has 0 bridgehead atoms. The van der Waals surface area contributed by atoms with Gasteiger partial charge in [0.1, 0.15) is 5.75 Å². The van der Waals surface area contributed by atoms with Crippen LogP contribution in [0.4, 0.5) is 0 Å². The number of aryl methyl sites for hydroxylation is 1. The predicted octanol–water partition coefficient (Wildman–Crippen LogP) is 2.11. The fourth-order valence-corrected chi connectivity index (χ4v) is 5.43. The minimum Gasteiger partial charge on any atom is -0.497 e. The summed E-state index contributed by atoms with van der Waals surface area (Å²) >= 11 is 0. The fraction of sp³-hybridized carbons (Fsp3) is 0.269. The van der Waals surface area contributed by atoms with Crippen LogP contribution in [0.5, 0.6) is 5.75 Å². The summed E-state index contributed by atoms with van der Waals surface area (Å²) in [7, 11) is -2.78. The molecule has 1 atom stereocenters. The summed E-state index contributed by atoms with van der Waals surface area (Å²) in [5, 5.41) is 0.469. The lowest BCUT2D eigenvalue weighted by Gasteiger charge is -2.36. The van der Waals surface area contributed by atoms with E-state index in [0.29, 0.717) is 11.3 Å². The number of nitrogens with one attached hydrogen (secondary N) is 1. The monoisotopic (exact) mass is 525 g/mol. The van der Waals surface area contributed by atoms with E-state index in [4.69, 9.17) is 9.15 Å². The third-order valence-corrected chi connectivity index (χ3v) is 7.96. The minimum atomic E-state index is -4.29. The van der Waals surface area contributed by atoms with Crippen molar-refractivity contribution in [2.75, 3.05) is 33.3 Å². The van der Waals surface area contributed by atoms with Gasteiger partial charge in [0.2, 0.25) is 15.2 Å². The second-order valence-electron chi connectivity index (χ2n) is 8.54. The predicted molar refractivity (Wildman–Crippen MR) is 134 cm³/mol. The zero-order valence-corrected chi connectivity index (χ0v) is 21.2. The molecule has 0 aliphatic carbocycles. The Hall–Kier alpha value is -4.12. The van der Waals surface area contributed by atoms with E-state index in [1.807, 2.05) is 6.92 Å². The van der Waals surface area contributed by atoms with Crippen molar-refractivity contribution in [3.8, 4) is 5.75 Å². The van der Waals surface area contributed by atoms with E-state index in [0.717, 1.165) is 5.56 Å². The molecular weight excluding hydrogens is 498 g/mol. The van der Waals surface area contributed by atoms with Crippen LogP contribution in [-0.2, 0) is 14.6 Å². The summed E-state index contributed by atoms with van der Waals surface area (Å²) in [5.41, 5.74) is 1.29. The number of carbonyl (C=O) groups excluding carboxylic acids is 3. The zero-order chi connectivity index (χ0) is 26.6. The Morgan fingerprint density at radius 2 is 1.62 bits per heavy atom. The van der Waals surface area contributed by atoms with Crippen molar-refractivity contribution >= 4 is 27.6 Å². The largest absolute Gasteiger partial charge is 0.497 e. The highest BCUT2D eigenvalue weighted by Gasteiger charge is 2.40. The fourth-order valence-electron chi connectivity index (χ4n) is 3.97. The molecule has 194 valence electrons. The van der Waals surface area contributed by atoms with Crippen LogP contribution in [0.3, 0.4) is 0 Å². The molecule has 1 aliphatic heterocycles. The Labute approximate surface area is 214 Å². The first kappa shape index (κ1) is 26.0. The zero-order valence-electron chi connectivity index (χ0n) is 20.4. The number of hydrogen-bond acceptors (Lipinski definition) is 7. The number of ether oxygens (including phenoxy) is 1. The molecule has 1 N–H and O–H groups in total. The van der Waals surface area contributed by atoms with Crippen molar-refractivity contribution in [1.29, 1.82) is 0 Å². The van der Waals surface area contributed by atoms with Crippen LogP contribution in [0, 0.1) is 6.92 Å². The van der Waals surface area contributed by atoms with Gasteiger partial charge in [0.15, 0.2) is 5.76 Å². The van der Waals surface area contributed by atoms with Crippen LogP contribution < -0.4 is 10.1 Å². The number of sulfone groups is 1. The van der Waals surface area contributed by atoms with Crippen LogP contribution in [-0.4, -0.2) is 74.6 Å². The number of methoxy groups -OCH3 is 1. The number of nitrogens with zero attached hydrogens (tertiary/aromatic N) is 2. The van der Waals surface area contributed by atoms with Gasteiger partial charge in [-0.05, 0) is 49.4 Å². The molecule has 11 heteroatoms. The van der Waals surface area contributed by atoms with Gasteiger partial charge in [0.25, 0.3) is 17.7 Å². The summed E-state index contributed by atoms with van der Waals surface area (Å²) in [6.45, 7) is 2.41. The molecule has 2 heterocycles. The van der Waals surface area contributed by atoms with Crippen molar-refractivity contribution in [3.05, 3.63) is 83.8 Å². The van der Waals surface area contributed by atoms with Crippen molar-refractivity contribution in [1.82, 2.24) is 15.1 Å². The van der Waals surface area contributed by atoms with Gasteiger partial charge < -0.3 is 24.3 Å². The van der Waals surface area contributed by atoms with E-state index >= 15 is 0 Å². The quantitative estimate of drug-likeness (QED) is 0.501. The number of rotatable bonds is 7. The topological polar surface area (TPSA) is 126 Å². The van der Waals surface area contributed by atoms with Gasteiger partial charge in [-0.15, -0.1) is 0 Å². The van der Waals surface area contributed by atoms with Crippen LogP contribution in [0.2, 0.25) is 0 Å². The summed E-state index contributed by atoms with van der Waals surface area (Å²) in [6.07, 6.45) is 1.28. The highest BCUT2D eigenvalue weighted by Crippen LogP contribution is 2.20. The lowest BCUT2D eigenvalue weighted by atomic mass is 10.1. The Balaban J connectivity index is 1.52. The highest BCUT2D eigenvalue weighted by atomic mass is 32.2. The SMILES string of the molecule is COc1cccc(C(=O)N2CCN(C(=O)[C@@H](NC(=O)c3ccco3)S(=O)(=O)c3ccc(C)cc3)CC2)c1. The summed E-state index contributed by atoms with van der Waals surface area (Å²) in [6, 6.07) is 15.6. The molecular formula is C26H27N3O7S. The Bertz CT molecular complexity index is 1380. The molecule has 37 heavy (non-hydrogen) atoms. The molecule has 4 rings (SSSR count). The maximum absolute atomic E-state index is 13.5. The van der Waals surface area contributed by atoms with Crippen molar-refractivity contribution in [2.45, 2.75) is 17.2 Å². The minimum absolute atomic E-state index is 0.0944. The van der Waals surface area contributed by atoms with E-state index in [1.54, 1.807) is 41.3 Å². The summed E-state index contributed by atoms with van der Waals surface area (Å²) in [4.78, 5) is 41.9. The second kappa shape index (κ2) is 10.9. The van der Waals surface area contributed by atoms with Crippen LogP contribution in [0.25, 0.3) is 0 Å². The second-order valence-corrected chi connectivity index (χ2v) is 10.6. The third kappa shape index (κ3) is 5.67. The van der Waals surface area contributed by atoms with E-state index in [2.05, 4.69) is 5.32 Å². The Kier molecular flexibility index (Phi) is 7.63. The van der Waals surface area contributed by atoms with E-state index in [-0.39, 0.29) is 42.7 Å². The molecule has 1 saturated heterocycles. The van der Waals surface area contributed by atoms with Crippen LogP contribution in [0.1, 0.15) is 26.5 Å². The Morgan fingerprint density at radius 3 is 2.24 bits per heavy atom. The maximum atomic E-state index is 13.5. The number of hydrogen-bond donors (Lipinski definition) is 1. The van der Waals surface area contributed by atoms with Crippen LogP contribution in [0.15, 0.2) is 76.2 Å². The molecule has 3 aromatic rings.